The summed E-state index contributed by atoms with van der Waals surface area (Å²) in [6.07, 6.45) is 0.550. The van der Waals surface area contributed by atoms with Crippen LogP contribution in [-0.4, -0.2) is 83.3 Å². The number of anilines is 1. The quantitative estimate of drug-likeness (QED) is 0.0434. The van der Waals surface area contributed by atoms with Gasteiger partial charge in [0.15, 0.2) is 27.2 Å². The Kier molecular flexibility index (Phi) is 11.1. The second-order valence-electron chi connectivity index (χ2n) is 6.00. The van der Waals surface area contributed by atoms with Gasteiger partial charge >= 0.3 is 35.5 Å². The van der Waals surface area contributed by atoms with Gasteiger partial charge < -0.3 is 24.8 Å². The van der Waals surface area contributed by atoms with Crippen LogP contribution in [0.1, 0.15) is 19.0 Å². The van der Waals surface area contributed by atoms with Gasteiger partial charge in [-0.2, -0.15) is 0 Å². The summed E-state index contributed by atoms with van der Waals surface area (Å²) >= 11 is 6.35. The predicted molar refractivity (Wildman–Crippen MR) is 109 cm³/mol. The first kappa shape index (κ1) is 29.2. The van der Waals surface area contributed by atoms with Gasteiger partial charge in [0.25, 0.3) is 11.8 Å². The number of alkyl halides is 1. The Hall–Kier alpha value is -1.82. The van der Waals surface area contributed by atoms with Crippen LogP contribution < -0.4 is 40.2 Å². The molecule has 33 heavy (non-hydrogen) atoms. The third-order valence-corrected chi connectivity index (χ3v) is 5.69. The van der Waals surface area contributed by atoms with Crippen molar-refractivity contribution in [3.8, 4) is 0 Å². The molecule has 1 aromatic heterocycles. The van der Waals surface area contributed by atoms with Gasteiger partial charge in [0.1, 0.15) is 24.2 Å². The minimum absolute atomic E-state index is 0. The maximum absolute atomic E-state index is 12.8. The number of esters is 1. The van der Waals surface area contributed by atoms with Gasteiger partial charge in [-0.15, -0.1) is 22.9 Å². The average Bonchev–Trinajstić information content (AvgIpc) is 3.19. The van der Waals surface area contributed by atoms with Crippen molar-refractivity contribution in [2.24, 2.45) is 5.16 Å². The number of aromatic nitrogens is 1. The molecular formula is C15H17ClN5NaO9S2. The van der Waals surface area contributed by atoms with Crippen molar-refractivity contribution < 1.29 is 71.3 Å². The van der Waals surface area contributed by atoms with E-state index < -0.39 is 51.8 Å². The maximum Gasteiger partial charge on any atom is 1.00 e. The Morgan fingerprint density at radius 2 is 2.06 bits per heavy atom. The molecule has 2 rings (SSSR count). The van der Waals surface area contributed by atoms with E-state index in [1.807, 2.05) is 0 Å². The second kappa shape index (κ2) is 12.6. The van der Waals surface area contributed by atoms with Crippen LogP contribution in [0.3, 0.4) is 0 Å². The molecule has 176 valence electrons. The largest absolute Gasteiger partial charge is 1.00 e. The summed E-state index contributed by atoms with van der Waals surface area (Å²) in [6, 6.07) is -3.59. The first-order valence-corrected chi connectivity index (χ1v) is 11.5. The number of carbonyl (C=O) groups excluding carboxylic acids is 4. The summed E-state index contributed by atoms with van der Waals surface area (Å²) < 4.78 is 38.0. The molecule has 3 amide bonds. The fourth-order valence-electron chi connectivity index (χ4n) is 2.41. The standard InChI is InChI=1S/C15H18ClN5O9S2.Na/c1-3-4-30-20-9(7-6-31-15(17-7)18-8(22)5-16)12(23)19-10-11(14(25)29-2)21(13(10)24)32(26,27)28;/h6,10-11H,3-5H2,1-2H3,(H,19,23)(H,17,18,22)(H,26,27,28);/q;+1/p-1/t10-,11-;/m0./s1. The third-order valence-electron chi connectivity index (χ3n) is 3.80. The van der Waals surface area contributed by atoms with Crippen LogP contribution >= 0.6 is 22.9 Å². The van der Waals surface area contributed by atoms with Gasteiger partial charge in [-0.05, 0) is 6.42 Å². The zero-order chi connectivity index (χ0) is 24.1. The Morgan fingerprint density at radius 3 is 2.61 bits per heavy atom. The first-order chi connectivity index (χ1) is 15.0. The Labute approximate surface area is 219 Å². The minimum Gasteiger partial charge on any atom is -0.731 e. The van der Waals surface area contributed by atoms with Gasteiger partial charge in [0, 0.05) is 5.38 Å². The zero-order valence-corrected chi connectivity index (χ0v) is 22.0. The summed E-state index contributed by atoms with van der Waals surface area (Å²) in [5.41, 5.74) is -0.482. The van der Waals surface area contributed by atoms with Crippen molar-refractivity contribution in [3.05, 3.63) is 11.1 Å². The van der Waals surface area contributed by atoms with E-state index in [1.165, 1.54) is 5.38 Å². The number of nitrogens with one attached hydrogen (secondary N) is 2. The number of ether oxygens (including phenoxy) is 1. The van der Waals surface area contributed by atoms with Crippen molar-refractivity contribution >= 4 is 67.8 Å². The van der Waals surface area contributed by atoms with Gasteiger partial charge in [-0.1, -0.05) is 12.1 Å². The fraction of sp³-hybridized carbons (Fsp3) is 0.467. The first-order valence-electron chi connectivity index (χ1n) is 8.74. The van der Waals surface area contributed by atoms with Crippen molar-refractivity contribution in [1.29, 1.82) is 0 Å². The van der Waals surface area contributed by atoms with E-state index in [4.69, 9.17) is 16.4 Å². The molecule has 0 radical (unpaired) electrons. The summed E-state index contributed by atoms with van der Waals surface area (Å²) in [5.74, 6) is -4.48. The number of hydrogen-bond donors (Lipinski definition) is 2. The molecule has 2 atom stereocenters. The van der Waals surface area contributed by atoms with Crippen molar-refractivity contribution in [2.75, 3.05) is 24.9 Å². The molecule has 18 heteroatoms. The molecule has 0 bridgehead atoms. The summed E-state index contributed by atoms with van der Waals surface area (Å²) in [5, 5.41) is 9.64. The van der Waals surface area contributed by atoms with Crippen LogP contribution in [0.25, 0.3) is 0 Å². The molecule has 0 spiro atoms. The summed E-state index contributed by atoms with van der Waals surface area (Å²) in [7, 11) is -4.41. The second-order valence-corrected chi connectivity index (χ2v) is 8.38. The molecule has 1 fully saturated rings. The van der Waals surface area contributed by atoms with Crippen LogP contribution in [-0.2, 0) is 39.1 Å². The molecule has 0 aliphatic carbocycles. The van der Waals surface area contributed by atoms with E-state index in [2.05, 4.69) is 25.5 Å². The smallest absolute Gasteiger partial charge is 0.731 e. The maximum atomic E-state index is 12.8. The average molecular weight is 534 g/mol. The number of amides is 3. The van der Waals surface area contributed by atoms with Crippen molar-refractivity contribution in [3.63, 3.8) is 0 Å². The monoisotopic (exact) mass is 533 g/mol. The number of rotatable bonds is 10. The molecule has 2 N–H and O–H groups in total. The zero-order valence-electron chi connectivity index (χ0n) is 17.6. The Bertz CT molecular complexity index is 1050. The van der Waals surface area contributed by atoms with E-state index in [0.717, 1.165) is 18.4 Å². The minimum atomic E-state index is -5.32. The van der Waals surface area contributed by atoms with E-state index in [-0.39, 0.29) is 57.2 Å². The van der Waals surface area contributed by atoms with Gasteiger partial charge in [-0.25, -0.2) is 22.5 Å². The molecule has 1 aromatic rings. The topological polar surface area (TPSA) is 196 Å². The number of thiazole rings is 1. The van der Waals surface area contributed by atoms with Gasteiger partial charge in [0.2, 0.25) is 5.91 Å². The van der Waals surface area contributed by atoms with Crippen molar-refractivity contribution in [2.45, 2.75) is 25.4 Å². The SMILES string of the molecule is CCCON=C(C(=O)N[C@@H]1C(=O)N(S(=O)(=O)[O-])[C@@H]1C(=O)OC)c1csc(NC(=O)CCl)n1.[Na+]. The van der Waals surface area contributed by atoms with Crippen LogP contribution in [0, 0.1) is 0 Å². The molecule has 1 aliphatic rings. The number of halogens is 1. The van der Waals surface area contributed by atoms with E-state index in [0.29, 0.717) is 6.42 Å². The summed E-state index contributed by atoms with van der Waals surface area (Å²) in [6.45, 7) is 1.91. The number of nitrogens with zero attached hydrogens (tertiary/aromatic N) is 3. The predicted octanol–water partition coefficient (Wildman–Crippen LogP) is -4.22. The fourth-order valence-corrected chi connectivity index (χ4v) is 4.01. The molecular weight excluding hydrogens is 517 g/mol. The molecule has 1 aliphatic heterocycles. The molecule has 14 nitrogen and oxygen atoms in total. The number of β-lactam (4-membered cyclic amide) rings is 1. The summed E-state index contributed by atoms with van der Waals surface area (Å²) in [4.78, 5) is 57.2. The molecule has 2 heterocycles. The van der Waals surface area contributed by atoms with E-state index in [9.17, 15) is 32.1 Å². The van der Waals surface area contributed by atoms with Gasteiger partial charge in [0.05, 0.1) is 7.11 Å². The van der Waals surface area contributed by atoms with Crippen LogP contribution in [0.2, 0.25) is 0 Å². The number of carbonyl (C=O) groups is 4. The molecule has 0 unspecified atom stereocenters. The molecule has 1 saturated heterocycles. The van der Waals surface area contributed by atoms with Crippen LogP contribution in [0.4, 0.5) is 5.13 Å². The number of methoxy groups -OCH3 is 1. The van der Waals surface area contributed by atoms with Crippen LogP contribution in [0.5, 0.6) is 0 Å². The molecule has 0 aromatic carbocycles. The van der Waals surface area contributed by atoms with E-state index >= 15 is 0 Å². The van der Waals surface area contributed by atoms with Crippen LogP contribution in [0.15, 0.2) is 10.5 Å². The number of oxime groups is 1. The van der Waals surface area contributed by atoms with E-state index in [1.54, 1.807) is 6.92 Å². The third kappa shape index (κ3) is 7.08. The normalized spacial score (nSPS) is 18.0. The molecule has 0 saturated carbocycles. The van der Waals surface area contributed by atoms with Gasteiger partial charge in [-0.3, -0.25) is 14.4 Å². The number of hydrogen-bond acceptors (Lipinski definition) is 12. The Balaban J connectivity index is 0.00000544. The Morgan fingerprint density at radius 1 is 1.39 bits per heavy atom. The van der Waals surface area contributed by atoms with Crippen molar-refractivity contribution in [1.82, 2.24) is 14.6 Å².